The average molecular weight is 331 g/mol. The summed E-state index contributed by atoms with van der Waals surface area (Å²) in [6.07, 6.45) is 0. The smallest absolute Gasteiger partial charge is 0.260 e. The molecule has 1 fully saturated rings. The minimum absolute atomic E-state index is 0.0966. The van der Waals surface area contributed by atoms with Gasteiger partial charge in [0.05, 0.1) is 0 Å². The van der Waals surface area contributed by atoms with Gasteiger partial charge in [-0.3, -0.25) is 4.79 Å². The summed E-state index contributed by atoms with van der Waals surface area (Å²) in [5.41, 5.74) is 0. The second-order valence-corrected chi connectivity index (χ2v) is 5.42. The van der Waals surface area contributed by atoms with E-state index in [9.17, 15) is 9.18 Å². The molecule has 1 aliphatic heterocycles. The molecule has 0 saturated carbocycles. The standard InChI is InChI=1S/C13H16BrFN2O2/c1-9-7-16-4-5-17(9)13(18)8-19-12-3-2-10(14)6-11(12)15/h2-3,6,9,16H,4-5,7-8H2,1H3/t9-/m1/s1. The van der Waals surface area contributed by atoms with Gasteiger partial charge in [0.1, 0.15) is 0 Å². The van der Waals surface area contributed by atoms with Crippen molar-refractivity contribution in [2.24, 2.45) is 0 Å². The van der Waals surface area contributed by atoms with E-state index in [1.165, 1.54) is 12.1 Å². The average Bonchev–Trinajstić information content (AvgIpc) is 2.38. The first-order valence-electron chi connectivity index (χ1n) is 6.16. The number of ether oxygens (including phenoxy) is 1. The molecule has 0 unspecified atom stereocenters. The summed E-state index contributed by atoms with van der Waals surface area (Å²) in [6, 6.07) is 4.64. The maximum absolute atomic E-state index is 13.5. The van der Waals surface area contributed by atoms with Crippen LogP contribution in [-0.2, 0) is 4.79 Å². The molecule has 0 bridgehead atoms. The Balaban J connectivity index is 1.92. The van der Waals surface area contributed by atoms with Crippen molar-refractivity contribution in [3.8, 4) is 5.75 Å². The van der Waals surface area contributed by atoms with Crippen LogP contribution >= 0.6 is 15.9 Å². The molecule has 0 aromatic heterocycles. The number of rotatable bonds is 3. The van der Waals surface area contributed by atoms with E-state index < -0.39 is 5.82 Å². The van der Waals surface area contributed by atoms with Crippen molar-refractivity contribution in [3.63, 3.8) is 0 Å². The fourth-order valence-corrected chi connectivity index (χ4v) is 2.36. The third-order valence-corrected chi connectivity index (χ3v) is 3.56. The van der Waals surface area contributed by atoms with Gasteiger partial charge in [0.2, 0.25) is 0 Å². The van der Waals surface area contributed by atoms with Gasteiger partial charge in [-0.05, 0) is 25.1 Å². The topological polar surface area (TPSA) is 41.6 Å². The molecule has 1 amide bonds. The number of benzene rings is 1. The van der Waals surface area contributed by atoms with E-state index in [0.29, 0.717) is 11.0 Å². The summed E-state index contributed by atoms with van der Waals surface area (Å²) >= 11 is 3.17. The number of amides is 1. The van der Waals surface area contributed by atoms with Crippen LogP contribution in [0.1, 0.15) is 6.92 Å². The Hall–Kier alpha value is -1.14. The molecule has 1 saturated heterocycles. The predicted molar refractivity (Wildman–Crippen MR) is 73.6 cm³/mol. The fraction of sp³-hybridized carbons (Fsp3) is 0.462. The predicted octanol–water partition coefficient (Wildman–Crippen LogP) is 1.79. The molecule has 1 N–H and O–H groups in total. The first kappa shape index (κ1) is 14.3. The number of hydrogen-bond acceptors (Lipinski definition) is 3. The number of piperazine rings is 1. The molecule has 19 heavy (non-hydrogen) atoms. The van der Waals surface area contributed by atoms with Crippen LogP contribution in [0.2, 0.25) is 0 Å². The van der Waals surface area contributed by atoms with Crippen molar-refractivity contribution in [1.82, 2.24) is 10.2 Å². The normalized spacial score (nSPS) is 19.3. The zero-order valence-corrected chi connectivity index (χ0v) is 12.2. The highest BCUT2D eigenvalue weighted by Crippen LogP contribution is 2.21. The summed E-state index contributed by atoms with van der Waals surface area (Å²) in [4.78, 5) is 13.8. The van der Waals surface area contributed by atoms with Gasteiger partial charge in [-0.15, -0.1) is 0 Å². The van der Waals surface area contributed by atoms with Gasteiger partial charge in [-0.25, -0.2) is 4.39 Å². The first-order chi connectivity index (χ1) is 9.08. The lowest BCUT2D eigenvalue weighted by molar-refractivity contribution is -0.136. The summed E-state index contributed by atoms with van der Waals surface area (Å²) in [5.74, 6) is -0.494. The van der Waals surface area contributed by atoms with Crippen molar-refractivity contribution in [2.75, 3.05) is 26.2 Å². The van der Waals surface area contributed by atoms with Crippen molar-refractivity contribution < 1.29 is 13.9 Å². The number of nitrogens with one attached hydrogen (secondary N) is 1. The number of carbonyl (C=O) groups is 1. The van der Waals surface area contributed by atoms with Gasteiger partial charge in [-0.1, -0.05) is 15.9 Å². The number of carbonyl (C=O) groups excluding carboxylic acids is 1. The monoisotopic (exact) mass is 330 g/mol. The van der Waals surface area contributed by atoms with Crippen molar-refractivity contribution in [3.05, 3.63) is 28.5 Å². The largest absolute Gasteiger partial charge is 0.481 e. The molecule has 1 atom stereocenters. The first-order valence-corrected chi connectivity index (χ1v) is 6.95. The summed E-state index contributed by atoms with van der Waals surface area (Å²) in [6.45, 7) is 4.06. The molecule has 4 nitrogen and oxygen atoms in total. The van der Waals surface area contributed by atoms with Crippen LogP contribution in [0.15, 0.2) is 22.7 Å². The van der Waals surface area contributed by atoms with Gasteiger partial charge in [0, 0.05) is 30.1 Å². The third kappa shape index (κ3) is 3.67. The highest BCUT2D eigenvalue weighted by molar-refractivity contribution is 9.10. The summed E-state index contributed by atoms with van der Waals surface area (Å²) in [7, 11) is 0. The number of halogens is 2. The Labute approximate surface area is 120 Å². The molecule has 0 aliphatic carbocycles. The molecule has 104 valence electrons. The SMILES string of the molecule is C[C@@H]1CNCCN1C(=O)COc1ccc(Br)cc1F. The van der Waals surface area contributed by atoms with Crippen molar-refractivity contribution >= 4 is 21.8 Å². The minimum atomic E-state index is -0.476. The van der Waals surface area contributed by atoms with Crippen LogP contribution in [0.5, 0.6) is 5.75 Å². The molecular weight excluding hydrogens is 315 g/mol. The second-order valence-electron chi connectivity index (χ2n) is 4.50. The molecule has 0 spiro atoms. The molecule has 1 aliphatic rings. The van der Waals surface area contributed by atoms with Crippen molar-refractivity contribution in [2.45, 2.75) is 13.0 Å². The van der Waals surface area contributed by atoms with E-state index in [2.05, 4.69) is 21.2 Å². The highest BCUT2D eigenvalue weighted by Gasteiger charge is 2.23. The summed E-state index contributed by atoms with van der Waals surface area (Å²) < 4.78 is 19.4. The quantitative estimate of drug-likeness (QED) is 0.918. The van der Waals surface area contributed by atoms with Gasteiger partial charge < -0.3 is 15.0 Å². The van der Waals surface area contributed by atoms with Crippen molar-refractivity contribution in [1.29, 1.82) is 0 Å². The van der Waals surface area contributed by atoms with E-state index in [0.717, 1.165) is 13.1 Å². The zero-order chi connectivity index (χ0) is 13.8. The van der Waals surface area contributed by atoms with E-state index in [1.54, 1.807) is 11.0 Å². The zero-order valence-electron chi connectivity index (χ0n) is 10.7. The van der Waals surface area contributed by atoms with Crippen LogP contribution in [-0.4, -0.2) is 43.1 Å². The lowest BCUT2D eigenvalue weighted by Gasteiger charge is -2.33. The Bertz CT molecular complexity index is 470. The lowest BCUT2D eigenvalue weighted by Crippen LogP contribution is -2.53. The Morgan fingerprint density at radius 1 is 1.63 bits per heavy atom. The van der Waals surface area contributed by atoms with Crippen LogP contribution in [0.3, 0.4) is 0 Å². The van der Waals surface area contributed by atoms with Crippen LogP contribution in [0.25, 0.3) is 0 Å². The molecule has 2 rings (SSSR count). The number of nitrogens with zero attached hydrogens (tertiary/aromatic N) is 1. The molecule has 1 heterocycles. The highest BCUT2D eigenvalue weighted by atomic mass is 79.9. The molecular formula is C13H16BrFN2O2. The molecule has 6 heteroatoms. The number of hydrogen-bond donors (Lipinski definition) is 1. The van der Waals surface area contributed by atoms with E-state index >= 15 is 0 Å². The molecule has 1 aromatic carbocycles. The fourth-order valence-electron chi connectivity index (χ4n) is 2.03. The molecule has 0 radical (unpaired) electrons. The molecule has 1 aromatic rings. The minimum Gasteiger partial charge on any atom is -0.481 e. The Kier molecular flexibility index (Phi) is 4.76. The van der Waals surface area contributed by atoms with Gasteiger partial charge in [-0.2, -0.15) is 0 Å². The van der Waals surface area contributed by atoms with Gasteiger partial charge >= 0.3 is 0 Å². The van der Waals surface area contributed by atoms with E-state index in [1.807, 2.05) is 6.92 Å². The summed E-state index contributed by atoms with van der Waals surface area (Å²) in [5, 5.41) is 3.21. The van der Waals surface area contributed by atoms with E-state index in [-0.39, 0.29) is 24.3 Å². The second kappa shape index (κ2) is 6.34. The Morgan fingerprint density at radius 2 is 2.42 bits per heavy atom. The van der Waals surface area contributed by atoms with Gasteiger partial charge in [0.15, 0.2) is 18.2 Å². The van der Waals surface area contributed by atoms with Crippen LogP contribution in [0, 0.1) is 5.82 Å². The van der Waals surface area contributed by atoms with Crippen LogP contribution in [0.4, 0.5) is 4.39 Å². The van der Waals surface area contributed by atoms with Gasteiger partial charge in [0.25, 0.3) is 5.91 Å². The van der Waals surface area contributed by atoms with Crippen LogP contribution < -0.4 is 10.1 Å². The Morgan fingerprint density at radius 3 is 3.11 bits per heavy atom. The maximum atomic E-state index is 13.5. The maximum Gasteiger partial charge on any atom is 0.260 e. The third-order valence-electron chi connectivity index (χ3n) is 3.07. The van der Waals surface area contributed by atoms with E-state index in [4.69, 9.17) is 4.74 Å². The lowest BCUT2D eigenvalue weighted by atomic mass is 10.2.